The van der Waals surface area contributed by atoms with Crippen molar-refractivity contribution in [3.8, 4) is 17.4 Å². The lowest BCUT2D eigenvalue weighted by Gasteiger charge is -2.19. The first-order valence-corrected chi connectivity index (χ1v) is 8.69. The van der Waals surface area contributed by atoms with Gasteiger partial charge in [0, 0.05) is 33.1 Å². The van der Waals surface area contributed by atoms with Gasteiger partial charge < -0.3 is 24.0 Å². The summed E-state index contributed by atoms with van der Waals surface area (Å²) < 4.78 is 16.5. The summed E-state index contributed by atoms with van der Waals surface area (Å²) in [6.45, 7) is 1.10. The van der Waals surface area contributed by atoms with Crippen LogP contribution in [0.15, 0.2) is 30.6 Å². The Bertz CT molecular complexity index is 812. The maximum absolute atomic E-state index is 12.9. The highest BCUT2D eigenvalue weighted by Gasteiger charge is 2.30. The molecule has 8 nitrogen and oxygen atoms in total. The maximum atomic E-state index is 12.9. The zero-order chi connectivity index (χ0) is 19.4. The fourth-order valence-corrected chi connectivity index (χ4v) is 2.94. The lowest BCUT2D eigenvalue weighted by molar-refractivity contribution is 0.0767. The van der Waals surface area contributed by atoms with Crippen LogP contribution in [0, 0.1) is 0 Å². The summed E-state index contributed by atoms with van der Waals surface area (Å²) in [6.07, 6.45) is 3.87. The lowest BCUT2D eigenvalue weighted by Crippen LogP contribution is -2.31. The molecule has 1 aliphatic heterocycles. The third-order valence-corrected chi connectivity index (χ3v) is 4.42. The molecule has 0 radical (unpaired) electrons. The Morgan fingerprint density at radius 2 is 2.04 bits per heavy atom. The summed E-state index contributed by atoms with van der Waals surface area (Å²) in [7, 11) is 6.91. The van der Waals surface area contributed by atoms with Crippen LogP contribution < -0.4 is 19.1 Å². The van der Waals surface area contributed by atoms with Crippen molar-refractivity contribution in [2.45, 2.75) is 12.5 Å². The van der Waals surface area contributed by atoms with Crippen LogP contribution in [0.1, 0.15) is 16.8 Å². The quantitative estimate of drug-likeness (QED) is 0.766. The van der Waals surface area contributed by atoms with E-state index in [1.165, 1.54) is 7.11 Å². The van der Waals surface area contributed by atoms with Gasteiger partial charge in [0.1, 0.15) is 17.6 Å². The molecule has 8 heteroatoms. The van der Waals surface area contributed by atoms with E-state index in [9.17, 15) is 4.79 Å². The molecule has 1 fully saturated rings. The van der Waals surface area contributed by atoms with Gasteiger partial charge in [0.2, 0.25) is 5.88 Å². The van der Waals surface area contributed by atoms with Crippen molar-refractivity contribution in [3.05, 3.63) is 36.2 Å². The zero-order valence-corrected chi connectivity index (χ0v) is 16.0. The van der Waals surface area contributed by atoms with E-state index in [-0.39, 0.29) is 12.0 Å². The molecule has 2 aromatic rings. The van der Waals surface area contributed by atoms with E-state index >= 15 is 0 Å². The SMILES string of the molecule is COc1ccc(C(=O)N2CCC(Oc3cncc(N(C)C)n3)C2)c(OC)c1. The average molecular weight is 372 g/mol. The van der Waals surface area contributed by atoms with E-state index in [0.29, 0.717) is 36.0 Å². The van der Waals surface area contributed by atoms with E-state index < -0.39 is 0 Å². The zero-order valence-electron chi connectivity index (χ0n) is 16.0. The van der Waals surface area contributed by atoms with Crippen molar-refractivity contribution < 1.29 is 19.0 Å². The summed E-state index contributed by atoms with van der Waals surface area (Å²) >= 11 is 0. The van der Waals surface area contributed by atoms with Gasteiger partial charge in [-0.3, -0.25) is 9.78 Å². The molecule has 3 rings (SSSR count). The highest BCUT2D eigenvalue weighted by Crippen LogP contribution is 2.27. The molecule has 0 bridgehead atoms. The highest BCUT2D eigenvalue weighted by atomic mass is 16.5. The molecule has 1 amide bonds. The van der Waals surface area contributed by atoms with Crippen molar-refractivity contribution in [3.63, 3.8) is 0 Å². The van der Waals surface area contributed by atoms with Crippen LogP contribution in [0.2, 0.25) is 0 Å². The molecule has 144 valence electrons. The molecular formula is C19H24N4O4. The van der Waals surface area contributed by atoms with Gasteiger partial charge in [-0.05, 0) is 12.1 Å². The first-order chi connectivity index (χ1) is 13.0. The van der Waals surface area contributed by atoms with Crippen molar-refractivity contribution in [2.24, 2.45) is 0 Å². The fraction of sp³-hybridized carbons (Fsp3) is 0.421. The molecule has 1 aromatic heterocycles. The second kappa shape index (κ2) is 8.11. The van der Waals surface area contributed by atoms with E-state index in [0.717, 1.165) is 12.2 Å². The van der Waals surface area contributed by atoms with E-state index in [2.05, 4.69) is 9.97 Å². The average Bonchev–Trinajstić information content (AvgIpc) is 3.15. The first-order valence-electron chi connectivity index (χ1n) is 8.69. The molecule has 0 N–H and O–H groups in total. The number of aromatic nitrogens is 2. The predicted molar refractivity (Wildman–Crippen MR) is 101 cm³/mol. The molecule has 0 spiro atoms. The molecule has 1 aromatic carbocycles. The fourth-order valence-electron chi connectivity index (χ4n) is 2.94. The summed E-state index contributed by atoms with van der Waals surface area (Å²) in [6, 6.07) is 5.18. The summed E-state index contributed by atoms with van der Waals surface area (Å²) in [5, 5.41) is 0. The van der Waals surface area contributed by atoms with Crippen molar-refractivity contribution in [1.29, 1.82) is 0 Å². The smallest absolute Gasteiger partial charge is 0.257 e. The third kappa shape index (κ3) is 4.21. The second-order valence-corrected chi connectivity index (χ2v) is 6.46. The Morgan fingerprint density at radius 1 is 1.22 bits per heavy atom. The highest BCUT2D eigenvalue weighted by molar-refractivity contribution is 5.97. The van der Waals surface area contributed by atoms with Crippen molar-refractivity contribution >= 4 is 11.7 Å². The minimum absolute atomic E-state index is 0.0891. The number of rotatable bonds is 6. The van der Waals surface area contributed by atoms with Crippen LogP contribution in [0.4, 0.5) is 5.82 Å². The Kier molecular flexibility index (Phi) is 5.63. The molecule has 27 heavy (non-hydrogen) atoms. The Labute approximate surface area is 158 Å². The van der Waals surface area contributed by atoms with Gasteiger partial charge >= 0.3 is 0 Å². The number of benzene rings is 1. The molecular weight excluding hydrogens is 348 g/mol. The van der Waals surface area contributed by atoms with Crippen LogP contribution in [-0.2, 0) is 0 Å². The Balaban J connectivity index is 1.67. The number of carbonyl (C=O) groups excluding carboxylic acids is 1. The minimum Gasteiger partial charge on any atom is -0.497 e. The molecule has 0 aliphatic carbocycles. The standard InChI is InChI=1S/C19H24N4O4/c1-22(2)17-10-20-11-18(21-17)27-14-7-8-23(12-14)19(24)15-6-5-13(25-3)9-16(15)26-4/h5-6,9-11,14H,7-8,12H2,1-4H3. The number of methoxy groups -OCH3 is 2. The van der Waals surface area contributed by atoms with E-state index in [4.69, 9.17) is 14.2 Å². The van der Waals surface area contributed by atoms with Gasteiger partial charge in [-0.25, -0.2) is 0 Å². The van der Waals surface area contributed by atoms with Crippen LogP contribution in [-0.4, -0.2) is 68.3 Å². The number of amides is 1. The van der Waals surface area contributed by atoms with Gasteiger partial charge in [0.25, 0.3) is 5.91 Å². The van der Waals surface area contributed by atoms with E-state index in [1.54, 1.807) is 42.6 Å². The largest absolute Gasteiger partial charge is 0.497 e. The number of carbonyl (C=O) groups is 1. The van der Waals surface area contributed by atoms with Gasteiger partial charge in [-0.2, -0.15) is 4.98 Å². The number of hydrogen-bond acceptors (Lipinski definition) is 7. The normalized spacial score (nSPS) is 16.1. The lowest BCUT2D eigenvalue weighted by atomic mass is 10.1. The number of hydrogen-bond donors (Lipinski definition) is 0. The predicted octanol–water partition coefficient (Wildman–Crippen LogP) is 1.85. The number of likely N-dealkylation sites (tertiary alicyclic amines) is 1. The van der Waals surface area contributed by atoms with Crippen LogP contribution in [0.25, 0.3) is 0 Å². The number of nitrogens with zero attached hydrogens (tertiary/aromatic N) is 4. The number of ether oxygens (including phenoxy) is 3. The topological polar surface area (TPSA) is 77.0 Å². The van der Waals surface area contributed by atoms with Gasteiger partial charge in [0.05, 0.1) is 38.7 Å². The molecule has 2 heterocycles. The van der Waals surface area contributed by atoms with Gasteiger partial charge in [0.15, 0.2) is 5.82 Å². The number of anilines is 1. The molecule has 1 aliphatic rings. The van der Waals surface area contributed by atoms with E-state index in [1.807, 2.05) is 19.0 Å². The van der Waals surface area contributed by atoms with Crippen LogP contribution >= 0.6 is 0 Å². The third-order valence-electron chi connectivity index (χ3n) is 4.42. The first kappa shape index (κ1) is 18.8. The second-order valence-electron chi connectivity index (χ2n) is 6.46. The maximum Gasteiger partial charge on any atom is 0.257 e. The minimum atomic E-state index is -0.120. The van der Waals surface area contributed by atoms with Gasteiger partial charge in [-0.15, -0.1) is 0 Å². The van der Waals surface area contributed by atoms with Crippen molar-refractivity contribution in [2.75, 3.05) is 46.3 Å². The molecule has 1 atom stereocenters. The summed E-state index contributed by atoms with van der Waals surface area (Å²) in [4.78, 5) is 25.1. The summed E-state index contributed by atoms with van der Waals surface area (Å²) in [5.74, 6) is 2.23. The van der Waals surface area contributed by atoms with Gasteiger partial charge in [-0.1, -0.05) is 0 Å². The molecule has 1 saturated heterocycles. The Hall–Kier alpha value is -3.03. The van der Waals surface area contributed by atoms with Crippen LogP contribution in [0.5, 0.6) is 17.4 Å². The van der Waals surface area contributed by atoms with Crippen molar-refractivity contribution in [1.82, 2.24) is 14.9 Å². The molecule has 1 unspecified atom stereocenters. The Morgan fingerprint density at radius 3 is 2.74 bits per heavy atom. The summed E-state index contributed by atoms with van der Waals surface area (Å²) in [5.41, 5.74) is 0.508. The monoisotopic (exact) mass is 372 g/mol. The van der Waals surface area contributed by atoms with Crippen LogP contribution in [0.3, 0.4) is 0 Å². The molecule has 0 saturated carbocycles.